The molecular formula is C28H37NO6. The van der Waals surface area contributed by atoms with Gasteiger partial charge in [-0.05, 0) is 61.5 Å². The van der Waals surface area contributed by atoms with Crippen LogP contribution in [0.25, 0.3) is 0 Å². The van der Waals surface area contributed by atoms with Crippen molar-refractivity contribution in [3.8, 4) is 11.5 Å². The largest absolute Gasteiger partial charge is 0.493 e. The van der Waals surface area contributed by atoms with Crippen LogP contribution in [0.4, 0.5) is 0 Å². The van der Waals surface area contributed by atoms with Crippen LogP contribution in [0.3, 0.4) is 0 Å². The minimum absolute atomic E-state index is 0.473. The molecule has 0 unspecified atom stereocenters. The Morgan fingerprint density at radius 2 is 1.83 bits per heavy atom. The fraction of sp³-hybridized carbons (Fsp3) is 0.429. The Morgan fingerprint density at radius 3 is 2.43 bits per heavy atom. The Hall–Kier alpha value is -3.32. The summed E-state index contributed by atoms with van der Waals surface area (Å²) < 4.78 is 11.9. The molecule has 1 aliphatic rings. The highest BCUT2D eigenvalue weighted by molar-refractivity contribution is 6.27. The van der Waals surface area contributed by atoms with E-state index in [0.717, 1.165) is 24.5 Å². The second-order valence-electron chi connectivity index (χ2n) is 8.62. The fourth-order valence-electron chi connectivity index (χ4n) is 4.32. The first kappa shape index (κ1) is 27.9. The number of hydrogen-bond acceptors (Lipinski definition) is 5. The highest BCUT2D eigenvalue weighted by atomic mass is 16.5. The van der Waals surface area contributed by atoms with Crippen LogP contribution in [0.5, 0.6) is 11.5 Å². The van der Waals surface area contributed by atoms with Crippen LogP contribution < -0.4 is 9.47 Å². The van der Waals surface area contributed by atoms with Crippen molar-refractivity contribution in [1.82, 2.24) is 4.90 Å². The molecular weight excluding hydrogens is 446 g/mol. The molecule has 0 aromatic heterocycles. The molecule has 0 saturated carbocycles. The first-order valence-electron chi connectivity index (χ1n) is 12.0. The standard InChI is InChI=1S/C26H35NO2.C2H2O4/c1-4-6-16-27-17-15-24(22-11-8-7-9-12-22)23(19-27)20-29-25-14-13-21(10-5-2)18-26(25)28-3;3-1(4)2(5)6/h5,7-9,11-14,18,23-24H,2,4,6,10,15-17,19-20H2,1,3H3;(H,3,4)(H,5,6)/t23-,24-;/m1./s1. The number of unbranched alkanes of at least 4 members (excludes halogenated alkanes) is 1. The number of rotatable bonds is 10. The van der Waals surface area contributed by atoms with Crippen LogP contribution in [-0.2, 0) is 16.0 Å². The van der Waals surface area contributed by atoms with Gasteiger partial charge in [0.1, 0.15) is 0 Å². The predicted molar refractivity (Wildman–Crippen MR) is 136 cm³/mol. The van der Waals surface area contributed by atoms with E-state index in [2.05, 4.69) is 60.9 Å². The molecule has 0 bridgehead atoms. The molecule has 1 fully saturated rings. The molecule has 0 amide bonds. The molecule has 7 nitrogen and oxygen atoms in total. The number of nitrogens with zero attached hydrogens (tertiary/aromatic N) is 1. The van der Waals surface area contributed by atoms with Crippen LogP contribution in [0.2, 0.25) is 0 Å². The number of likely N-dealkylation sites (tertiary alicyclic amines) is 1. The minimum atomic E-state index is -1.82. The van der Waals surface area contributed by atoms with Crippen molar-refractivity contribution in [2.75, 3.05) is 33.4 Å². The maximum Gasteiger partial charge on any atom is 0.414 e. The van der Waals surface area contributed by atoms with Gasteiger partial charge in [-0.2, -0.15) is 0 Å². The van der Waals surface area contributed by atoms with Gasteiger partial charge in [-0.1, -0.05) is 55.8 Å². The normalized spacial score (nSPS) is 17.5. The molecule has 3 rings (SSSR count). The molecule has 2 N–H and O–H groups in total. The van der Waals surface area contributed by atoms with Gasteiger partial charge in [0.25, 0.3) is 0 Å². The highest BCUT2D eigenvalue weighted by Gasteiger charge is 2.30. The molecule has 7 heteroatoms. The van der Waals surface area contributed by atoms with E-state index in [1.807, 2.05) is 12.1 Å². The van der Waals surface area contributed by atoms with E-state index in [1.165, 1.54) is 43.5 Å². The van der Waals surface area contributed by atoms with Crippen molar-refractivity contribution in [2.45, 2.75) is 38.5 Å². The van der Waals surface area contributed by atoms with E-state index in [-0.39, 0.29) is 0 Å². The molecule has 190 valence electrons. The van der Waals surface area contributed by atoms with Crippen molar-refractivity contribution in [3.63, 3.8) is 0 Å². The molecule has 2 aromatic carbocycles. The van der Waals surface area contributed by atoms with Crippen molar-refractivity contribution in [2.24, 2.45) is 5.92 Å². The van der Waals surface area contributed by atoms with Crippen molar-refractivity contribution < 1.29 is 29.3 Å². The third-order valence-corrected chi connectivity index (χ3v) is 6.12. The summed E-state index contributed by atoms with van der Waals surface area (Å²) in [5.74, 6) is -0.997. The topological polar surface area (TPSA) is 96.3 Å². The second kappa shape index (κ2) is 14.8. The minimum Gasteiger partial charge on any atom is -0.493 e. The number of piperidine rings is 1. The quantitative estimate of drug-likeness (QED) is 0.368. The molecule has 2 atom stereocenters. The van der Waals surface area contributed by atoms with E-state index in [0.29, 0.717) is 18.4 Å². The van der Waals surface area contributed by atoms with Gasteiger partial charge in [0.2, 0.25) is 0 Å². The molecule has 0 aliphatic carbocycles. The van der Waals surface area contributed by atoms with Gasteiger partial charge in [0.15, 0.2) is 11.5 Å². The van der Waals surface area contributed by atoms with E-state index in [1.54, 1.807) is 7.11 Å². The lowest BCUT2D eigenvalue weighted by atomic mass is 9.81. The van der Waals surface area contributed by atoms with E-state index in [9.17, 15) is 0 Å². The van der Waals surface area contributed by atoms with Gasteiger partial charge in [-0.3, -0.25) is 0 Å². The number of carboxylic acids is 2. The fourth-order valence-corrected chi connectivity index (χ4v) is 4.32. The number of allylic oxidation sites excluding steroid dienone is 1. The second-order valence-corrected chi connectivity index (χ2v) is 8.62. The molecule has 0 radical (unpaired) electrons. The zero-order valence-electron chi connectivity index (χ0n) is 20.7. The third-order valence-electron chi connectivity index (χ3n) is 6.12. The number of ether oxygens (including phenoxy) is 2. The van der Waals surface area contributed by atoms with E-state index < -0.39 is 11.9 Å². The van der Waals surface area contributed by atoms with Gasteiger partial charge >= 0.3 is 11.9 Å². The Labute approximate surface area is 208 Å². The summed E-state index contributed by atoms with van der Waals surface area (Å²) in [4.78, 5) is 20.8. The van der Waals surface area contributed by atoms with Crippen molar-refractivity contribution in [1.29, 1.82) is 0 Å². The lowest BCUT2D eigenvalue weighted by molar-refractivity contribution is -0.159. The maximum absolute atomic E-state index is 9.10. The molecule has 1 aliphatic heterocycles. The highest BCUT2D eigenvalue weighted by Crippen LogP contribution is 2.35. The van der Waals surface area contributed by atoms with Gasteiger partial charge < -0.3 is 24.6 Å². The molecule has 1 saturated heterocycles. The Balaban J connectivity index is 0.000000641. The SMILES string of the molecule is C=CCc1ccc(OC[C@H]2CN(CCCC)CC[C@@H]2c2ccccc2)c(OC)c1.O=C(O)C(=O)O. The zero-order valence-corrected chi connectivity index (χ0v) is 20.7. The lowest BCUT2D eigenvalue weighted by Gasteiger charge is -2.39. The first-order chi connectivity index (χ1) is 16.9. The van der Waals surface area contributed by atoms with Crippen LogP contribution in [0.15, 0.2) is 61.2 Å². The molecule has 35 heavy (non-hydrogen) atoms. The molecule has 1 heterocycles. The summed E-state index contributed by atoms with van der Waals surface area (Å²) in [6.07, 6.45) is 6.45. The number of carbonyl (C=O) groups is 2. The van der Waals surface area contributed by atoms with Gasteiger partial charge in [0.05, 0.1) is 13.7 Å². The van der Waals surface area contributed by atoms with Gasteiger partial charge in [0, 0.05) is 12.5 Å². The summed E-state index contributed by atoms with van der Waals surface area (Å²) >= 11 is 0. The van der Waals surface area contributed by atoms with Gasteiger partial charge in [-0.15, -0.1) is 6.58 Å². The average molecular weight is 484 g/mol. The zero-order chi connectivity index (χ0) is 25.6. The summed E-state index contributed by atoms with van der Waals surface area (Å²) in [6, 6.07) is 17.1. The summed E-state index contributed by atoms with van der Waals surface area (Å²) in [5.41, 5.74) is 2.62. The third kappa shape index (κ3) is 9.09. The Bertz CT molecular complexity index is 934. The Morgan fingerprint density at radius 1 is 1.11 bits per heavy atom. The number of benzene rings is 2. The van der Waals surface area contributed by atoms with Crippen LogP contribution in [0, 0.1) is 5.92 Å². The smallest absolute Gasteiger partial charge is 0.414 e. The lowest BCUT2D eigenvalue weighted by Crippen LogP contribution is -2.42. The van der Waals surface area contributed by atoms with E-state index >= 15 is 0 Å². The maximum atomic E-state index is 9.10. The molecule has 2 aromatic rings. The van der Waals surface area contributed by atoms with Crippen LogP contribution in [0.1, 0.15) is 43.2 Å². The molecule has 0 spiro atoms. The Kier molecular flexibility index (Phi) is 11.8. The van der Waals surface area contributed by atoms with Gasteiger partial charge in [-0.25, -0.2) is 9.59 Å². The first-order valence-corrected chi connectivity index (χ1v) is 12.0. The predicted octanol–water partition coefficient (Wildman–Crippen LogP) is 4.86. The summed E-state index contributed by atoms with van der Waals surface area (Å²) in [6.45, 7) is 10.2. The summed E-state index contributed by atoms with van der Waals surface area (Å²) in [5, 5.41) is 14.8. The summed E-state index contributed by atoms with van der Waals surface area (Å²) in [7, 11) is 1.71. The monoisotopic (exact) mass is 483 g/mol. The van der Waals surface area contributed by atoms with Crippen LogP contribution in [-0.4, -0.2) is 60.4 Å². The number of hydrogen-bond donors (Lipinski definition) is 2. The van der Waals surface area contributed by atoms with E-state index in [4.69, 9.17) is 29.3 Å². The van der Waals surface area contributed by atoms with Crippen LogP contribution >= 0.6 is 0 Å². The number of aliphatic carboxylic acids is 2. The average Bonchev–Trinajstić information content (AvgIpc) is 2.87. The van der Waals surface area contributed by atoms with Crippen molar-refractivity contribution >= 4 is 11.9 Å². The number of methoxy groups -OCH3 is 1. The number of carboxylic acid groups (broad SMARTS) is 2. The van der Waals surface area contributed by atoms with Crippen molar-refractivity contribution in [3.05, 3.63) is 72.3 Å².